The Morgan fingerprint density at radius 3 is 2.31 bits per heavy atom. The van der Waals surface area contributed by atoms with E-state index in [0.29, 0.717) is 16.9 Å². The van der Waals surface area contributed by atoms with Gasteiger partial charge in [-0.1, -0.05) is 53.5 Å². The van der Waals surface area contributed by atoms with Crippen LogP contribution in [0.4, 0.5) is 0 Å². The van der Waals surface area contributed by atoms with Gasteiger partial charge in [0.05, 0.1) is 17.5 Å². The van der Waals surface area contributed by atoms with Crippen molar-refractivity contribution in [2.24, 2.45) is 0 Å². The van der Waals surface area contributed by atoms with Crippen LogP contribution in [0.5, 0.6) is 5.75 Å². The van der Waals surface area contributed by atoms with E-state index in [-0.39, 0.29) is 32.3 Å². The first-order valence-electron chi connectivity index (χ1n) is 8.69. The second-order valence-electron chi connectivity index (χ2n) is 6.32. The number of benzene rings is 3. The summed E-state index contributed by atoms with van der Waals surface area (Å²) in [6, 6.07) is 18.4. The molecule has 0 aliphatic rings. The average Bonchev–Trinajstić information content (AvgIpc) is 2.74. The molecule has 0 N–H and O–H groups in total. The molecule has 0 spiro atoms. The minimum absolute atomic E-state index is 0.0767. The average molecular weight is 425 g/mol. The molecule has 144 valence electrons. The molecule has 0 saturated heterocycles. The van der Waals surface area contributed by atoms with E-state index in [1.807, 2.05) is 6.07 Å². The molecular weight excluding hydrogens is 411 g/mol. The molecule has 4 nitrogen and oxygen atoms in total. The fraction of sp³-hybridized carbons (Fsp3) is 0.0435. The lowest BCUT2D eigenvalue weighted by molar-refractivity contribution is 0.103. The largest absolute Gasteiger partial charge is 0.497 e. The molecule has 29 heavy (non-hydrogen) atoms. The molecule has 3 aromatic carbocycles. The van der Waals surface area contributed by atoms with Crippen LogP contribution >= 0.6 is 23.2 Å². The summed E-state index contributed by atoms with van der Waals surface area (Å²) >= 11 is 12.3. The van der Waals surface area contributed by atoms with Crippen molar-refractivity contribution in [1.29, 1.82) is 0 Å². The second kappa shape index (κ2) is 7.74. The minimum Gasteiger partial charge on any atom is -0.497 e. The lowest BCUT2D eigenvalue weighted by Gasteiger charge is -2.11. The molecule has 1 heterocycles. The first-order chi connectivity index (χ1) is 14.0. The highest BCUT2D eigenvalue weighted by molar-refractivity contribution is 6.38. The maximum Gasteiger partial charge on any atom is 0.204 e. The van der Waals surface area contributed by atoms with Gasteiger partial charge in [-0.15, -0.1) is 0 Å². The predicted octanol–water partition coefficient (Wildman–Crippen LogP) is 6.01. The van der Waals surface area contributed by atoms with Gasteiger partial charge in [0.1, 0.15) is 17.1 Å². The third-order valence-corrected chi connectivity index (χ3v) is 5.03. The molecule has 0 bridgehead atoms. The number of fused-ring (bicyclic) bond motifs is 1. The van der Waals surface area contributed by atoms with E-state index in [2.05, 4.69) is 0 Å². The molecule has 0 aliphatic heterocycles. The summed E-state index contributed by atoms with van der Waals surface area (Å²) in [7, 11) is 1.54. The Morgan fingerprint density at radius 2 is 1.66 bits per heavy atom. The first kappa shape index (κ1) is 19.2. The van der Waals surface area contributed by atoms with Gasteiger partial charge in [-0.05, 0) is 36.4 Å². The van der Waals surface area contributed by atoms with Crippen molar-refractivity contribution in [3.05, 3.63) is 98.1 Å². The van der Waals surface area contributed by atoms with Gasteiger partial charge in [0.2, 0.25) is 11.2 Å². The Morgan fingerprint density at radius 1 is 0.966 bits per heavy atom. The predicted molar refractivity (Wildman–Crippen MR) is 114 cm³/mol. The van der Waals surface area contributed by atoms with Crippen LogP contribution in [0.1, 0.15) is 15.9 Å². The van der Waals surface area contributed by atoms with Crippen LogP contribution in [0.25, 0.3) is 22.3 Å². The van der Waals surface area contributed by atoms with Gasteiger partial charge in [-0.3, -0.25) is 9.59 Å². The summed E-state index contributed by atoms with van der Waals surface area (Å²) in [4.78, 5) is 26.6. The highest BCUT2D eigenvalue weighted by atomic mass is 35.5. The van der Waals surface area contributed by atoms with E-state index in [1.54, 1.807) is 48.5 Å². The number of halogens is 2. The summed E-state index contributed by atoms with van der Waals surface area (Å²) in [5, 5.41) is 0.634. The number of methoxy groups -OCH3 is 1. The Balaban J connectivity index is 2.03. The molecule has 0 amide bonds. The standard InChI is InChI=1S/C23H14Cl2O4/c1-28-16-9-7-13(8-10-16)20(26)19-21(27)17-11-15(24)12-18(25)23(17)29-22(19)14-5-3-2-4-6-14/h2-12H,1H3. The summed E-state index contributed by atoms with van der Waals surface area (Å²) in [5.74, 6) is 0.306. The molecule has 4 aromatic rings. The monoisotopic (exact) mass is 424 g/mol. The molecule has 0 aliphatic carbocycles. The normalized spacial score (nSPS) is 10.9. The lowest BCUT2D eigenvalue weighted by atomic mass is 9.97. The van der Waals surface area contributed by atoms with Crippen LogP contribution in [0.3, 0.4) is 0 Å². The Kier molecular flexibility index (Phi) is 5.14. The van der Waals surface area contributed by atoms with Crippen molar-refractivity contribution in [3.63, 3.8) is 0 Å². The molecule has 0 unspecified atom stereocenters. The van der Waals surface area contributed by atoms with Gasteiger partial charge in [0, 0.05) is 16.1 Å². The molecule has 0 saturated carbocycles. The number of ether oxygens (including phenoxy) is 1. The van der Waals surface area contributed by atoms with Crippen LogP contribution in [-0.4, -0.2) is 12.9 Å². The van der Waals surface area contributed by atoms with E-state index >= 15 is 0 Å². The third kappa shape index (κ3) is 3.53. The Hall–Kier alpha value is -3.08. The van der Waals surface area contributed by atoms with Gasteiger partial charge < -0.3 is 9.15 Å². The second-order valence-corrected chi connectivity index (χ2v) is 7.17. The van der Waals surface area contributed by atoms with Gasteiger partial charge in [-0.2, -0.15) is 0 Å². The maximum atomic E-state index is 13.3. The number of rotatable bonds is 4. The molecule has 1 aromatic heterocycles. The van der Waals surface area contributed by atoms with Crippen molar-refractivity contribution < 1.29 is 13.9 Å². The highest BCUT2D eigenvalue weighted by Gasteiger charge is 2.24. The van der Waals surface area contributed by atoms with Crippen LogP contribution in [0.15, 0.2) is 75.9 Å². The zero-order valence-corrected chi connectivity index (χ0v) is 16.8. The molecule has 0 fully saturated rings. The van der Waals surface area contributed by atoms with Gasteiger partial charge >= 0.3 is 0 Å². The number of carbonyl (C=O) groups excluding carboxylic acids is 1. The van der Waals surface area contributed by atoms with Crippen LogP contribution < -0.4 is 10.2 Å². The van der Waals surface area contributed by atoms with Crippen LogP contribution in [-0.2, 0) is 0 Å². The molecule has 0 atom stereocenters. The van der Waals surface area contributed by atoms with Gasteiger partial charge in [0.25, 0.3) is 0 Å². The van der Waals surface area contributed by atoms with Crippen molar-refractivity contribution in [1.82, 2.24) is 0 Å². The van der Waals surface area contributed by atoms with E-state index in [4.69, 9.17) is 32.4 Å². The van der Waals surface area contributed by atoms with E-state index in [0.717, 1.165) is 0 Å². The summed E-state index contributed by atoms with van der Waals surface area (Å²) in [5.41, 5.74) is 0.547. The minimum atomic E-state index is -0.490. The van der Waals surface area contributed by atoms with Crippen molar-refractivity contribution in [2.75, 3.05) is 7.11 Å². The molecule has 0 radical (unpaired) electrons. The molecule has 4 rings (SSSR count). The fourth-order valence-corrected chi connectivity index (χ4v) is 3.64. The van der Waals surface area contributed by atoms with Crippen LogP contribution in [0, 0.1) is 0 Å². The Bertz CT molecular complexity index is 1280. The quantitative estimate of drug-likeness (QED) is 0.376. The number of hydrogen-bond donors (Lipinski definition) is 0. The zero-order valence-electron chi connectivity index (χ0n) is 15.2. The zero-order chi connectivity index (χ0) is 20.5. The number of hydrogen-bond acceptors (Lipinski definition) is 4. The van der Waals surface area contributed by atoms with E-state index in [1.165, 1.54) is 19.2 Å². The topological polar surface area (TPSA) is 56.5 Å². The van der Waals surface area contributed by atoms with Crippen molar-refractivity contribution in [3.8, 4) is 17.1 Å². The summed E-state index contributed by atoms with van der Waals surface area (Å²) < 4.78 is 11.1. The van der Waals surface area contributed by atoms with Gasteiger partial charge in [-0.25, -0.2) is 0 Å². The smallest absolute Gasteiger partial charge is 0.204 e. The maximum absolute atomic E-state index is 13.3. The number of carbonyl (C=O) groups is 1. The van der Waals surface area contributed by atoms with Crippen molar-refractivity contribution in [2.45, 2.75) is 0 Å². The van der Waals surface area contributed by atoms with Crippen LogP contribution in [0.2, 0.25) is 10.0 Å². The first-order valence-corrected chi connectivity index (χ1v) is 9.45. The SMILES string of the molecule is COc1ccc(C(=O)c2c(-c3ccccc3)oc3c(Cl)cc(Cl)cc3c2=O)cc1. The Labute approximate surface area is 176 Å². The van der Waals surface area contributed by atoms with E-state index in [9.17, 15) is 9.59 Å². The summed E-state index contributed by atoms with van der Waals surface area (Å²) in [6.07, 6.45) is 0. The lowest BCUT2D eigenvalue weighted by Crippen LogP contribution is -2.18. The third-order valence-electron chi connectivity index (χ3n) is 4.53. The van der Waals surface area contributed by atoms with Crippen molar-refractivity contribution >= 4 is 40.0 Å². The number of ketones is 1. The molecular formula is C23H14Cl2O4. The highest BCUT2D eigenvalue weighted by Crippen LogP contribution is 2.32. The van der Waals surface area contributed by atoms with E-state index < -0.39 is 11.2 Å². The van der Waals surface area contributed by atoms with Gasteiger partial charge in [0.15, 0.2) is 5.58 Å². The summed E-state index contributed by atoms with van der Waals surface area (Å²) in [6.45, 7) is 0. The fourth-order valence-electron chi connectivity index (χ4n) is 3.11. The molecule has 6 heteroatoms.